The Hall–Kier alpha value is -0.660. The topological polar surface area (TPSA) is 72.2 Å². The summed E-state index contributed by atoms with van der Waals surface area (Å²) in [5.74, 6) is 0. The number of hydrogen-bond donors (Lipinski definition) is 2. The van der Waals surface area contributed by atoms with Gasteiger partial charge in [-0.05, 0) is 43.5 Å². The fourth-order valence-corrected chi connectivity index (χ4v) is 4.56. The molecule has 2 rings (SSSR count). The monoisotopic (exact) mass is 318 g/mol. The van der Waals surface area contributed by atoms with Gasteiger partial charge in [-0.25, -0.2) is 13.1 Å². The SMILES string of the molecule is CC(C)(CN)NS(=O)(=O)c1cc2cc(Cl)ccc2s1. The van der Waals surface area contributed by atoms with Crippen molar-refractivity contribution < 1.29 is 8.42 Å². The molecule has 0 saturated carbocycles. The van der Waals surface area contributed by atoms with Crippen LogP contribution in [-0.2, 0) is 10.0 Å². The van der Waals surface area contributed by atoms with Crippen molar-refractivity contribution in [3.8, 4) is 0 Å². The predicted molar refractivity (Wildman–Crippen MR) is 80.3 cm³/mol. The molecule has 1 heterocycles. The van der Waals surface area contributed by atoms with Gasteiger partial charge in [-0.2, -0.15) is 0 Å². The number of nitrogens with two attached hydrogens (primary N) is 1. The number of fused-ring (bicyclic) bond motifs is 1. The van der Waals surface area contributed by atoms with Crippen molar-refractivity contribution in [2.24, 2.45) is 5.73 Å². The molecule has 104 valence electrons. The van der Waals surface area contributed by atoms with Crippen molar-refractivity contribution >= 4 is 43.0 Å². The van der Waals surface area contributed by atoms with Crippen LogP contribution in [0.5, 0.6) is 0 Å². The Bertz CT molecular complexity index is 708. The summed E-state index contributed by atoms with van der Waals surface area (Å²) in [6.45, 7) is 3.71. The highest BCUT2D eigenvalue weighted by Gasteiger charge is 2.26. The van der Waals surface area contributed by atoms with Crippen molar-refractivity contribution in [1.29, 1.82) is 0 Å². The maximum atomic E-state index is 12.3. The summed E-state index contributed by atoms with van der Waals surface area (Å²) in [6, 6.07) is 6.94. The average molecular weight is 319 g/mol. The third-order valence-electron chi connectivity index (χ3n) is 2.64. The summed E-state index contributed by atoms with van der Waals surface area (Å²) in [5.41, 5.74) is 4.87. The van der Waals surface area contributed by atoms with Crippen molar-refractivity contribution in [2.75, 3.05) is 6.54 Å². The molecule has 0 saturated heterocycles. The van der Waals surface area contributed by atoms with Crippen LogP contribution in [0.2, 0.25) is 5.02 Å². The van der Waals surface area contributed by atoms with Crippen LogP contribution in [0.3, 0.4) is 0 Å². The molecule has 0 aliphatic heterocycles. The number of hydrogen-bond acceptors (Lipinski definition) is 4. The maximum Gasteiger partial charge on any atom is 0.250 e. The lowest BCUT2D eigenvalue weighted by Gasteiger charge is -2.23. The first-order valence-electron chi connectivity index (χ1n) is 5.67. The van der Waals surface area contributed by atoms with Gasteiger partial charge in [0, 0.05) is 21.8 Å². The van der Waals surface area contributed by atoms with E-state index in [0.29, 0.717) is 5.02 Å². The molecule has 0 atom stereocenters. The van der Waals surface area contributed by atoms with Crippen LogP contribution in [0.25, 0.3) is 10.1 Å². The minimum atomic E-state index is -3.56. The number of rotatable bonds is 4. The van der Waals surface area contributed by atoms with Crippen molar-refractivity contribution in [3.63, 3.8) is 0 Å². The van der Waals surface area contributed by atoms with Gasteiger partial charge in [-0.1, -0.05) is 11.6 Å². The van der Waals surface area contributed by atoms with Crippen molar-refractivity contribution in [1.82, 2.24) is 4.72 Å². The van der Waals surface area contributed by atoms with E-state index in [-0.39, 0.29) is 10.8 Å². The number of benzene rings is 1. The first-order valence-corrected chi connectivity index (χ1v) is 8.34. The van der Waals surface area contributed by atoms with Crippen molar-refractivity contribution in [3.05, 3.63) is 29.3 Å². The molecular formula is C12H15ClN2O2S2. The molecule has 0 spiro atoms. The summed E-state index contributed by atoms with van der Waals surface area (Å²) < 4.78 is 28.3. The van der Waals surface area contributed by atoms with Gasteiger partial charge in [0.05, 0.1) is 0 Å². The molecule has 1 aromatic carbocycles. The van der Waals surface area contributed by atoms with Gasteiger partial charge >= 0.3 is 0 Å². The van der Waals surface area contributed by atoms with E-state index in [4.69, 9.17) is 17.3 Å². The van der Waals surface area contributed by atoms with Crippen LogP contribution in [-0.4, -0.2) is 20.5 Å². The lowest BCUT2D eigenvalue weighted by atomic mass is 10.1. The van der Waals surface area contributed by atoms with Gasteiger partial charge in [0.15, 0.2) is 0 Å². The molecule has 0 fully saturated rings. The smallest absolute Gasteiger partial charge is 0.250 e. The third-order valence-corrected chi connectivity index (χ3v) is 6.16. The van der Waals surface area contributed by atoms with Gasteiger partial charge < -0.3 is 5.73 Å². The zero-order valence-electron chi connectivity index (χ0n) is 10.6. The molecule has 0 aliphatic rings. The Morgan fingerprint density at radius 3 is 2.68 bits per heavy atom. The zero-order chi connectivity index (χ0) is 14.3. The largest absolute Gasteiger partial charge is 0.329 e. The molecule has 1 aromatic heterocycles. The fraction of sp³-hybridized carbons (Fsp3) is 0.333. The Balaban J connectivity index is 2.43. The van der Waals surface area contributed by atoms with E-state index in [0.717, 1.165) is 10.1 Å². The Kier molecular flexibility index (Phi) is 3.90. The van der Waals surface area contributed by atoms with Crippen LogP contribution in [0.1, 0.15) is 13.8 Å². The molecule has 0 radical (unpaired) electrons. The number of halogens is 1. The van der Waals surface area contributed by atoms with Crippen LogP contribution in [0.15, 0.2) is 28.5 Å². The second-order valence-corrected chi connectivity index (χ2v) is 8.37. The Morgan fingerprint density at radius 2 is 2.05 bits per heavy atom. The quantitative estimate of drug-likeness (QED) is 0.910. The first kappa shape index (κ1) is 14.7. The van der Waals surface area contributed by atoms with E-state index in [9.17, 15) is 8.42 Å². The summed E-state index contributed by atoms with van der Waals surface area (Å²) in [7, 11) is -3.56. The maximum absolute atomic E-state index is 12.3. The molecule has 0 bridgehead atoms. The second-order valence-electron chi connectivity index (χ2n) is 4.94. The van der Waals surface area contributed by atoms with E-state index in [1.54, 1.807) is 32.0 Å². The molecular weight excluding hydrogens is 304 g/mol. The fourth-order valence-electron chi connectivity index (χ4n) is 1.58. The van der Waals surface area contributed by atoms with Crippen LogP contribution >= 0.6 is 22.9 Å². The molecule has 0 amide bonds. The summed E-state index contributed by atoms with van der Waals surface area (Å²) >= 11 is 7.11. The molecule has 2 aromatic rings. The normalized spacial score (nSPS) is 13.1. The van der Waals surface area contributed by atoms with Gasteiger partial charge in [0.25, 0.3) is 10.0 Å². The summed E-state index contributed by atoms with van der Waals surface area (Å²) in [5, 5.41) is 1.41. The highest BCUT2D eigenvalue weighted by Crippen LogP contribution is 2.31. The lowest BCUT2D eigenvalue weighted by Crippen LogP contribution is -2.48. The number of nitrogens with one attached hydrogen (secondary N) is 1. The van der Waals surface area contributed by atoms with Gasteiger partial charge in [0.1, 0.15) is 4.21 Å². The highest BCUT2D eigenvalue weighted by molar-refractivity contribution is 7.91. The zero-order valence-corrected chi connectivity index (χ0v) is 13.0. The van der Waals surface area contributed by atoms with Gasteiger partial charge in [0.2, 0.25) is 0 Å². The minimum absolute atomic E-state index is 0.225. The van der Waals surface area contributed by atoms with E-state index in [1.807, 2.05) is 6.07 Å². The molecule has 0 unspecified atom stereocenters. The van der Waals surface area contributed by atoms with Crippen LogP contribution < -0.4 is 10.5 Å². The highest BCUT2D eigenvalue weighted by atomic mass is 35.5. The predicted octanol–water partition coefficient (Wildman–Crippen LogP) is 2.57. The van der Waals surface area contributed by atoms with E-state index >= 15 is 0 Å². The Morgan fingerprint density at radius 1 is 1.37 bits per heavy atom. The van der Waals surface area contributed by atoms with E-state index in [2.05, 4.69) is 4.72 Å². The summed E-state index contributed by atoms with van der Waals surface area (Å²) in [6.07, 6.45) is 0. The molecule has 7 heteroatoms. The van der Waals surface area contributed by atoms with Gasteiger partial charge in [-0.15, -0.1) is 11.3 Å². The van der Waals surface area contributed by atoms with Crippen molar-refractivity contribution in [2.45, 2.75) is 23.6 Å². The van der Waals surface area contributed by atoms with E-state index < -0.39 is 15.6 Å². The number of thiophene rings is 1. The minimum Gasteiger partial charge on any atom is -0.329 e. The second kappa shape index (κ2) is 5.03. The first-order chi connectivity index (χ1) is 8.73. The average Bonchev–Trinajstić information content (AvgIpc) is 2.71. The number of sulfonamides is 1. The van der Waals surface area contributed by atoms with Crippen LogP contribution in [0, 0.1) is 0 Å². The molecule has 3 N–H and O–H groups in total. The summed E-state index contributed by atoms with van der Waals surface area (Å²) in [4.78, 5) is 0. The van der Waals surface area contributed by atoms with Crippen LogP contribution in [0.4, 0.5) is 0 Å². The molecule has 19 heavy (non-hydrogen) atoms. The van der Waals surface area contributed by atoms with E-state index in [1.165, 1.54) is 11.3 Å². The molecule has 0 aliphatic carbocycles. The standard InChI is InChI=1S/C12H15ClN2O2S2/c1-12(2,7-14)15-19(16,17)11-6-8-5-9(13)3-4-10(8)18-11/h3-6,15H,7,14H2,1-2H3. The van der Waals surface area contributed by atoms with Gasteiger partial charge in [-0.3, -0.25) is 0 Å². The lowest BCUT2D eigenvalue weighted by molar-refractivity contribution is 0.463. The Labute approximate surface area is 121 Å². The molecule has 4 nitrogen and oxygen atoms in total. The third kappa shape index (κ3) is 3.27.